The normalized spacial score (nSPS) is 14.1. The summed E-state index contributed by atoms with van der Waals surface area (Å²) in [5, 5.41) is 9.93. The van der Waals surface area contributed by atoms with E-state index in [-0.39, 0.29) is 0 Å². The molecule has 0 unspecified atom stereocenters. The van der Waals surface area contributed by atoms with Crippen LogP contribution in [0.25, 0.3) is 0 Å². The zero-order chi connectivity index (χ0) is 12.9. The molecule has 0 aliphatic carbocycles. The molecule has 1 aliphatic rings. The molecular formula is C13H16N4O2. The lowest BCUT2D eigenvalue weighted by molar-refractivity contribution is 0.296. The molecule has 2 heterocycles. The fraction of sp³-hybridized carbons (Fsp3) is 0.385. The summed E-state index contributed by atoms with van der Waals surface area (Å²) in [4.78, 5) is 4.06. The number of hydrogen-bond acceptors (Lipinski definition) is 5. The number of ether oxygens (including phenoxy) is 2. The number of benzene rings is 1. The van der Waals surface area contributed by atoms with Gasteiger partial charge in [0.2, 0.25) is 0 Å². The Morgan fingerprint density at radius 3 is 3.05 bits per heavy atom. The average molecular weight is 260 g/mol. The molecule has 1 aliphatic heterocycles. The van der Waals surface area contributed by atoms with Gasteiger partial charge in [-0.3, -0.25) is 5.10 Å². The zero-order valence-corrected chi connectivity index (χ0v) is 10.6. The van der Waals surface area contributed by atoms with E-state index >= 15 is 0 Å². The van der Waals surface area contributed by atoms with Crippen LogP contribution in [0.5, 0.6) is 11.5 Å². The molecular weight excluding hydrogens is 244 g/mol. The first-order valence-corrected chi connectivity index (χ1v) is 6.36. The molecule has 1 aromatic heterocycles. The molecule has 0 atom stereocenters. The van der Waals surface area contributed by atoms with Crippen molar-refractivity contribution in [2.75, 3.05) is 13.2 Å². The van der Waals surface area contributed by atoms with Crippen molar-refractivity contribution in [3.05, 3.63) is 35.9 Å². The second-order valence-electron chi connectivity index (χ2n) is 4.33. The second kappa shape index (κ2) is 5.71. The third-order valence-electron chi connectivity index (χ3n) is 2.93. The van der Waals surface area contributed by atoms with Crippen LogP contribution in [0.3, 0.4) is 0 Å². The van der Waals surface area contributed by atoms with Crippen LogP contribution in [0.2, 0.25) is 0 Å². The minimum atomic E-state index is 0.643. The van der Waals surface area contributed by atoms with Crippen LogP contribution in [0.4, 0.5) is 0 Å². The highest BCUT2D eigenvalue weighted by Gasteiger charge is 2.13. The molecule has 3 rings (SSSR count). The molecule has 100 valence electrons. The highest BCUT2D eigenvalue weighted by molar-refractivity contribution is 5.47. The number of fused-ring (bicyclic) bond motifs is 1. The van der Waals surface area contributed by atoms with Gasteiger partial charge in [-0.2, -0.15) is 5.10 Å². The third kappa shape index (κ3) is 2.85. The summed E-state index contributed by atoms with van der Waals surface area (Å²) in [6.07, 6.45) is 2.42. The van der Waals surface area contributed by atoms with E-state index in [1.807, 2.05) is 18.2 Å². The van der Waals surface area contributed by atoms with Gasteiger partial charge in [0.25, 0.3) is 0 Å². The zero-order valence-electron chi connectivity index (χ0n) is 10.6. The van der Waals surface area contributed by atoms with Gasteiger partial charge >= 0.3 is 0 Å². The Morgan fingerprint density at radius 1 is 1.21 bits per heavy atom. The van der Waals surface area contributed by atoms with Crippen LogP contribution in [-0.4, -0.2) is 28.4 Å². The van der Waals surface area contributed by atoms with Crippen molar-refractivity contribution in [2.45, 2.75) is 19.5 Å². The number of aromatic nitrogens is 3. The van der Waals surface area contributed by atoms with E-state index in [9.17, 15) is 0 Å². The molecule has 0 saturated heterocycles. The summed E-state index contributed by atoms with van der Waals surface area (Å²) in [7, 11) is 0. The molecule has 6 heteroatoms. The van der Waals surface area contributed by atoms with Gasteiger partial charge in [0, 0.05) is 18.5 Å². The van der Waals surface area contributed by atoms with Crippen LogP contribution in [0.1, 0.15) is 17.8 Å². The number of rotatable bonds is 4. The van der Waals surface area contributed by atoms with Crippen molar-refractivity contribution in [1.29, 1.82) is 0 Å². The summed E-state index contributed by atoms with van der Waals surface area (Å²) >= 11 is 0. The SMILES string of the molecule is c1cc(CNCc2ncn[nH]2)c2c(c1)OCCCO2. The van der Waals surface area contributed by atoms with Crippen LogP contribution in [-0.2, 0) is 13.1 Å². The summed E-state index contributed by atoms with van der Waals surface area (Å²) in [6.45, 7) is 2.76. The minimum Gasteiger partial charge on any atom is -0.490 e. The van der Waals surface area contributed by atoms with Crippen molar-refractivity contribution < 1.29 is 9.47 Å². The number of nitrogens with zero attached hydrogens (tertiary/aromatic N) is 2. The van der Waals surface area contributed by atoms with Crippen molar-refractivity contribution in [3.8, 4) is 11.5 Å². The minimum absolute atomic E-state index is 0.643. The second-order valence-corrected chi connectivity index (χ2v) is 4.33. The quantitative estimate of drug-likeness (QED) is 0.865. The smallest absolute Gasteiger partial charge is 0.165 e. The molecule has 0 bridgehead atoms. The van der Waals surface area contributed by atoms with Crippen molar-refractivity contribution in [3.63, 3.8) is 0 Å². The van der Waals surface area contributed by atoms with Crippen LogP contribution >= 0.6 is 0 Å². The van der Waals surface area contributed by atoms with E-state index in [0.29, 0.717) is 26.3 Å². The standard InChI is InChI=1S/C13H16N4O2/c1-3-10(7-14-8-12-15-9-16-17-12)13-11(4-1)18-5-2-6-19-13/h1,3-4,9,14H,2,5-8H2,(H,15,16,17). The van der Waals surface area contributed by atoms with Gasteiger partial charge in [-0.25, -0.2) is 4.98 Å². The van der Waals surface area contributed by atoms with E-state index in [0.717, 1.165) is 29.3 Å². The molecule has 2 N–H and O–H groups in total. The molecule has 0 amide bonds. The molecule has 1 aromatic carbocycles. The first kappa shape index (κ1) is 12.0. The molecule has 0 radical (unpaired) electrons. The fourth-order valence-electron chi connectivity index (χ4n) is 2.02. The Morgan fingerprint density at radius 2 is 2.16 bits per heavy atom. The van der Waals surface area contributed by atoms with Gasteiger partial charge in [0.1, 0.15) is 12.2 Å². The summed E-state index contributed by atoms with van der Waals surface area (Å²) in [6, 6.07) is 5.97. The van der Waals surface area contributed by atoms with Crippen LogP contribution < -0.4 is 14.8 Å². The average Bonchev–Trinajstić information content (AvgIpc) is 2.82. The third-order valence-corrected chi connectivity index (χ3v) is 2.93. The first-order valence-electron chi connectivity index (χ1n) is 6.36. The predicted molar refractivity (Wildman–Crippen MR) is 69.0 cm³/mol. The van der Waals surface area contributed by atoms with E-state index in [2.05, 4.69) is 20.5 Å². The number of hydrogen-bond donors (Lipinski definition) is 2. The van der Waals surface area contributed by atoms with Crippen molar-refractivity contribution in [2.24, 2.45) is 0 Å². The van der Waals surface area contributed by atoms with Crippen LogP contribution in [0, 0.1) is 0 Å². The molecule has 0 saturated carbocycles. The summed E-state index contributed by atoms with van der Waals surface area (Å²) < 4.78 is 11.4. The van der Waals surface area contributed by atoms with Gasteiger partial charge in [-0.1, -0.05) is 12.1 Å². The number of aromatic amines is 1. The summed E-state index contributed by atoms with van der Waals surface area (Å²) in [5.41, 5.74) is 1.10. The fourth-order valence-corrected chi connectivity index (χ4v) is 2.02. The molecule has 0 fully saturated rings. The molecule has 2 aromatic rings. The number of nitrogens with one attached hydrogen (secondary N) is 2. The highest BCUT2D eigenvalue weighted by atomic mass is 16.5. The van der Waals surface area contributed by atoms with Gasteiger partial charge in [0.05, 0.1) is 19.8 Å². The predicted octanol–water partition coefficient (Wildman–Crippen LogP) is 1.26. The Hall–Kier alpha value is -2.08. The van der Waals surface area contributed by atoms with E-state index < -0.39 is 0 Å². The van der Waals surface area contributed by atoms with Crippen molar-refractivity contribution in [1.82, 2.24) is 20.5 Å². The molecule has 6 nitrogen and oxygen atoms in total. The van der Waals surface area contributed by atoms with E-state index in [1.165, 1.54) is 6.33 Å². The Bertz CT molecular complexity index is 527. The first-order chi connectivity index (χ1) is 9.43. The largest absolute Gasteiger partial charge is 0.490 e. The number of H-pyrrole nitrogens is 1. The van der Waals surface area contributed by atoms with Gasteiger partial charge in [0.15, 0.2) is 11.5 Å². The Balaban J connectivity index is 1.67. The monoisotopic (exact) mass is 260 g/mol. The Labute approximate surface area is 111 Å². The maximum absolute atomic E-state index is 5.77. The number of para-hydroxylation sites is 1. The van der Waals surface area contributed by atoms with Gasteiger partial charge in [-0.05, 0) is 6.07 Å². The van der Waals surface area contributed by atoms with Crippen LogP contribution in [0.15, 0.2) is 24.5 Å². The highest BCUT2D eigenvalue weighted by Crippen LogP contribution is 2.33. The van der Waals surface area contributed by atoms with Gasteiger partial charge in [-0.15, -0.1) is 0 Å². The maximum atomic E-state index is 5.77. The lowest BCUT2D eigenvalue weighted by Crippen LogP contribution is -2.14. The van der Waals surface area contributed by atoms with Crippen molar-refractivity contribution >= 4 is 0 Å². The molecule has 0 spiro atoms. The lowest BCUT2D eigenvalue weighted by atomic mass is 10.2. The lowest BCUT2D eigenvalue weighted by Gasteiger charge is -2.12. The topological polar surface area (TPSA) is 72.1 Å². The van der Waals surface area contributed by atoms with Gasteiger partial charge < -0.3 is 14.8 Å². The summed E-state index contributed by atoms with van der Waals surface area (Å²) in [5.74, 6) is 2.50. The maximum Gasteiger partial charge on any atom is 0.165 e. The van der Waals surface area contributed by atoms with E-state index in [1.54, 1.807) is 0 Å². The molecule has 19 heavy (non-hydrogen) atoms. The van der Waals surface area contributed by atoms with E-state index in [4.69, 9.17) is 9.47 Å². The Kier molecular flexibility index (Phi) is 3.60.